The van der Waals surface area contributed by atoms with E-state index in [2.05, 4.69) is 227 Å². The second-order valence-corrected chi connectivity index (χ2v) is 11.9. The zero-order valence-electron chi connectivity index (χ0n) is 27.0. The van der Waals surface area contributed by atoms with Crippen molar-refractivity contribution in [1.82, 2.24) is 0 Å². The molecule has 0 aliphatic carbocycles. The molecule has 0 bridgehead atoms. The van der Waals surface area contributed by atoms with Crippen LogP contribution in [0.2, 0.25) is 0 Å². The first-order valence-corrected chi connectivity index (χ1v) is 16.6. The summed E-state index contributed by atoms with van der Waals surface area (Å²) in [6, 6.07) is 75.2. The van der Waals surface area contributed by atoms with Crippen LogP contribution in [0.4, 0.5) is 51.2 Å². The molecule has 0 aromatic heterocycles. The smallest absolute Gasteiger partial charge is 0.0703 e. The minimum absolute atomic E-state index is 1.05. The highest BCUT2D eigenvalue weighted by Crippen LogP contribution is 2.50. The van der Waals surface area contributed by atoms with E-state index in [4.69, 9.17) is 0 Å². The number of hydrogen-bond acceptors (Lipinski definition) is 3. The summed E-state index contributed by atoms with van der Waals surface area (Å²) in [6.07, 6.45) is 0. The van der Waals surface area contributed by atoms with Gasteiger partial charge in [0.2, 0.25) is 0 Å². The topological polar surface area (TPSA) is 9.72 Å². The Bertz CT molecular complexity index is 2080. The zero-order chi connectivity index (χ0) is 32.8. The molecule has 0 saturated heterocycles. The van der Waals surface area contributed by atoms with Gasteiger partial charge in [0.05, 0.1) is 22.7 Å². The van der Waals surface area contributed by atoms with E-state index in [0.717, 1.165) is 51.2 Å². The summed E-state index contributed by atoms with van der Waals surface area (Å²) < 4.78 is 0. The van der Waals surface area contributed by atoms with Crippen LogP contribution in [0, 0.1) is 0 Å². The summed E-state index contributed by atoms with van der Waals surface area (Å²) in [7, 11) is 0. The summed E-state index contributed by atoms with van der Waals surface area (Å²) >= 11 is 0. The summed E-state index contributed by atoms with van der Waals surface area (Å²) in [6.45, 7) is 0. The molecule has 0 aliphatic heterocycles. The van der Waals surface area contributed by atoms with Gasteiger partial charge in [-0.25, -0.2) is 0 Å². The van der Waals surface area contributed by atoms with Crippen molar-refractivity contribution in [3.05, 3.63) is 212 Å². The van der Waals surface area contributed by atoms with Crippen molar-refractivity contribution in [3.63, 3.8) is 0 Å². The van der Waals surface area contributed by atoms with Crippen molar-refractivity contribution in [2.24, 2.45) is 0 Å². The minimum Gasteiger partial charge on any atom is -0.308 e. The molecular weight excluding hydrogens is 595 g/mol. The van der Waals surface area contributed by atoms with Crippen molar-refractivity contribution in [3.8, 4) is 0 Å². The number of rotatable bonds is 9. The van der Waals surface area contributed by atoms with E-state index in [0.29, 0.717) is 0 Å². The van der Waals surface area contributed by atoms with Crippen molar-refractivity contribution in [2.75, 3.05) is 14.7 Å². The van der Waals surface area contributed by atoms with E-state index < -0.39 is 0 Å². The minimum atomic E-state index is 1.05. The molecule has 8 aromatic rings. The second-order valence-electron chi connectivity index (χ2n) is 11.9. The largest absolute Gasteiger partial charge is 0.308 e. The number of anilines is 9. The SMILES string of the molecule is c1ccc(N(c2ccccc2)c2ccccc2N(c2ccc3ccccc3c2)c2ccccc2N(c2ccccc2)c2ccccc2)cc1. The Hall–Kier alpha value is -6.58. The Morgan fingerprint density at radius 3 is 0.898 bits per heavy atom. The predicted octanol–water partition coefficient (Wildman–Crippen LogP) is 13.2. The Balaban J connectivity index is 1.41. The van der Waals surface area contributed by atoms with Crippen molar-refractivity contribution < 1.29 is 0 Å². The summed E-state index contributed by atoms with van der Waals surface area (Å²) in [4.78, 5) is 7.10. The van der Waals surface area contributed by atoms with Gasteiger partial charge in [-0.1, -0.05) is 127 Å². The molecule has 49 heavy (non-hydrogen) atoms. The molecule has 0 saturated carbocycles. The first kappa shape index (κ1) is 29.8. The predicted molar refractivity (Wildman–Crippen MR) is 208 cm³/mol. The van der Waals surface area contributed by atoms with Crippen molar-refractivity contribution in [1.29, 1.82) is 0 Å². The van der Waals surface area contributed by atoms with Gasteiger partial charge in [0.15, 0.2) is 0 Å². The van der Waals surface area contributed by atoms with E-state index in [1.807, 2.05) is 0 Å². The van der Waals surface area contributed by atoms with Crippen LogP contribution in [0.1, 0.15) is 0 Å². The summed E-state index contributed by atoms with van der Waals surface area (Å²) in [5, 5.41) is 2.39. The number of para-hydroxylation sites is 8. The highest BCUT2D eigenvalue weighted by Gasteiger charge is 2.26. The fourth-order valence-corrected chi connectivity index (χ4v) is 6.57. The zero-order valence-corrected chi connectivity index (χ0v) is 27.0. The summed E-state index contributed by atoms with van der Waals surface area (Å²) in [5.41, 5.74) is 9.65. The molecule has 0 radical (unpaired) electrons. The van der Waals surface area contributed by atoms with Crippen molar-refractivity contribution in [2.45, 2.75) is 0 Å². The standard InChI is InChI=1S/C46H35N3/c1-5-21-38(22-6-1)47(39-23-7-2-8-24-39)43-29-15-17-31-45(43)49(42-34-33-36-19-13-14-20-37(36)35-42)46-32-18-16-30-44(46)48(40-25-9-3-10-26-40)41-27-11-4-12-28-41/h1-35H. The van der Waals surface area contributed by atoms with Crippen LogP contribution in [0.15, 0.2) is 212 Å². The Morgan fingerprint density at radius 1 is 0.204 bits per heavy atom. The van der Waals surface area contributed by atoms with E-state index in [9.17, 15) is 0 Å². The quantitative estimate of drug-likeness (QED) is 0.157. The lowest BCUT2D eigenvalue weighted by molar-refractivity contribution is 1.20. The molecular formula is C46H35N3. The molecule has 0 atom stereocenters. The molecule has 8 rings (SSSR count). The van der Waals surface area contributed by atoms with Gasteiger partial charge in [-0.3, -0.25) is 0 Å². The van der Waals surface area contributed by atoms with Crippen molar-refractivity contribution >= 4 is 62.0 Å². The van der Waals surface area contributed by atoms with Crippen LogP contribution < -0.4 is 14.7 Å². The molecule has 0 amide bonds. The highest BCUT2D eigenvalue weighted by atomic mass is 15.2. The molecule has 0 heterocycles. The number of benzene rings is 8. The third-order valence-corrected chi connectivity index (χ3v) is 8.78. The van der Waals surface area contributed by atoms with Gasteiger partial charge in [-0.2, -0.15) is 0 Å². The van der Waals surface area contributed by atoms with Crippen LogP contribution in [-0.4, -0.2) is 0 Å². The molecule has 0 fully saturated rings. The third kappa shape index (κ3) is 6.02. The van der Waals surface area contributed by atoms with Crippen LogP contribution in [0.3, 0.4) is 0 Å². The fourth-order valence-electron chi connectivity index (χ4n) is 6.57. The van der Waals surface area contributed by atoms with Gasteiger partial charge >= 0.3 is 0 Å². The van der Waals surface area contributed by atoms with Crippen LogP contribution >= 0.6 is 0 Å². The first-order valence-electron chi connectivity index (χ1n) is 16.6. The second kappa shape index (κ2) is 13.6. The van der Waals surface area contributed by atoms with Crippen LogP contribution in [-0.2, 0) is 0 Å². The molecule has 234 valence electrons. The van der Waals surface area contributed by atoms with Gasteiger partial charge < -0.3 is 14.7 Å². The fraction of sp³-hybridized carbons (Fsp3) is 0. The number of hydrogen-bond donors (Lipinski definition) is 0. The lowest BCUT2D eigenvalue weighted by Crippen LogP contribution is -2.19. The van der Waals surface area contributed by atoms with E-state index in [1.165, 1.54) is 10.8 Å². The maximum absolute atomic E-state index is 2.41. The monoisotopic (exact) mass is 629 g/mol. The molecule has 0 spiro atoms. The lowest BCUT2D eigenvalue weighted by atomic mass is 10.1. The number of nitrogens with zero attached hydrogens (tertiary/aromatic N) is 3. The average Bonchev–Trinajstić information content (AvgIpc) is 3.18. The molecule has 0 aliphatic rings. The summed E-state index contributed by atoms with van der Waals surface area (Å²) in [5.74, 6) is 0. The number of fused-ring (bicyclic) bond motifs is 1. The maximum atomic E-state index is 2.41. The van der Waals surface area contributed by atoms with Gasteiger partial charge in [-0.15, -0.1) is 0 Å². The first-order chi connectivity index (χ1) is 24.3. The Labute approximate surface area is 288 Å². The molecule has 3 nitrogen and oxygen atoms in total. The lowest BCUT2D eigenvalue weighted by Gasteiger charge is -2.36. The van der Waals surface area contributed by atoms with E-state index in [-0.39, 0.29) is 0 Å². The molecule has 0 unspecified atom stereocenters. The average molecular weight is 630 g/mol. The van der Waals surface area contributed by atoms with Crippen LogP contribution in [0.5, 0.6) is 0 Å². The van der Waals surface area contributed by atoms with Gasteiger partial charge in [0.1, 0.15) is 0 Å². The Morgan fingerprint density at radius 2 is 0.510 bits per heavy atom. The normalized spacial score (nSPS) is 10.9. The highest BCUT2D eigenvalue weighted by molar-refractivity contribution is 5.98. The van der Waals surface area contributed by atoms with Crippen LogP contribution in [0.25, 0.3) is 10.8 Å². The molecule has 3 heteroatoms. The van der Waals surface area contributed by atoms with Gasteiger partial charge in [0, 0.05) is 28.4 Å². The third-order valence-electron chi connectivity index (χ3n) is 8.78. The van der Waals surface area contributed by atoms with E-state index in [1.54, 1.807) is 0 Å². The molecule has 8 aromatic carbocycles. The van der Waals surface area contributed by atoms with Gasteiger partial charge in [-0.05, 0) is 95.7 Å². The Kier molecular flexibility index (Phi) is 8.30. The molecule has 0 N–H and O–H groups in total. The van der Waals surface area contributed by atoms with E-state index >= 15 is 0 Å². The van der Waals surface area contributed by atoms with Gasteiger partial charge in [0.25, 0.3) is 0 Å². The maximum Gasteiger partial charge on any atom is 0.0703 e.